The average Bonchev–Trinajstić information content (AvgIpc) is 2.96. The van der Waals surface area contributed by atoms with Gasteiger partial charge in [0.2, 0.25) is 0 Å². The summed E-state index contributed by atoms with van der Waals surface area (Å²) < 4.78 is 5.26. The van der Waals surface area contributed by atoms with E-state index >= 15 is 0 Å². The number of likely N-dealkylation sites (N-methyl/N-ethyl adjacent to an activating group) is 1. The van der Waals surface area contributed by atoms with E-state index in [2.05, 4.69) is 36.2 Å². The van der Waals surface area contributed by atoms with Gasteiger partial charge in [-0.25, -0.2) is 0 Å². The lowest BCUT2D eigenvalue weighted by atomic mass is 9.56. The molecule has 1 aliphatic carbocycles. The first-order chi connectivity index (χ1) is 13.5. The van der Waals surface area contributed by atoms with E-state index in [4.69, 9.17) is 10.5 Å². The van der Waals surface area contributed by atoms with Gasteiger partial charge in [-0.05, 0) is 43.2 Å². The zero-order chi connectivity index (χ0) is 20.1. The maximum atomic E-state index is 10.1. The number of ether oxygens (including phenoxy) is 1. The molecular formula is C22H21N5O. The third kappa shape index (κ3) is 2.21. The molecule has 2 aliphatic heterocycles. The summed E-state index contributed by atoms with van der Waals surface area (Å²) in [6, 6.07) is 14.5. The van der Waals surface area contributed by atoms with Crippen molar-refractivity contribution >= 4 is 0 Å². The van der Waals surface area contributed by atoms with Crippen molar-refractivity contribution in [3.8, 4) is 24.0 Å². The lowest BCUT2D eigenvalue weighted by molar-refractivity contribution is 0.160. The Morgan fingerprint density at radius 3 is 2.39 bits per heavy atom. The number of hydrogen-bond acceptors (Lipinski definition) is 6. The monoisotopic (exact) mass is 371 g/mol. The molecular weight excluding hydrogens is 350 g/mol. The second-order valence-corrected chi connectivity index (χ2v) is 7.71. The molecule has 2 heterocycles. The third-order valence-electron chi connectivity index (χ3n) is 6.70. The van der Waals surface area contributed by atoms with E-state index in [1.54, 1.807) is 7.11 Å². The zero-order valence-corrected chi connectivity index (χ0v) is 15.9. The third-order valence-corrected chi connectivity index (χ3v) is 6.70. The summed E-state index contributed by atoms with van der Waals surface area (Å²) in [5.74, 6) is 0.111. The standard InChI is InChI=1S/C22H21N5O/c1-27-14-5-8-18(27)19-16(9-14)17(10-23)21(26)22(11-24,12-25)20(19)13-3-6-15(28-2)7-4-13/h3-4,6-7,9,14,18-20H,5,8,26H2,1-2H3/t14-,18-,19-,20+/m1/s1. The fourth-order valence-electron chi connectivity index (χ4n) is 5.27. The fourth-order valence-corrected chi connectivity index (χ4v) is 5.27. The number of allylic oxidation sites excluding steroid dienone is 2. The van der Waals surface area contributed by atoms with Crippen molar-refractivity contribution in [2.75, 3.05) is 14.2 Å². The molecule has 1 aromatic carbocycles. The normalized spacial score (nSPS) is 30.5. The van der Waals surface area contributed by atoms with Crippen LogP contribution in [-0.2, 0) is 0 Å². The van der Waals surface area contributed by atoms with Gasteiger partial charge in [0, 0.05) is 23.9 Å². The summed E-state index contributed by atoms with van der Waals surface area (Å²) >= 11 is 0. The fraction of sp³-hybridized carbons (Fsp3) is 0.409. The number of rotatable bonds is 2. The van der Waals surface area contributed by atoms with Crippen LogP contribution >= 0.6 is 0 Å². The molecule has 1 fully saturated rings. The Hall–Kier alpha value is -3.27. The van der Waals surface area contributed by atoms with Gasteiger partial charge in [-0.2, -0.15) is 15.8 Å². The number of nitrogens with two attached hydrogens (primary N) is 1. The number of hydrogen-bond donors (Lipinski definition) is 1. The highest BCUT2D eigenvalue weighted by atomic mass is 16.5. The van der Waals surface area contributed by atoms with Gasteiger partial charge >= 0.3 is 0 Å². The van der Waals surface area contributed by atoms with E-state index in [0.717, 1.165) is 24.0 Å². The predicted molar refractivity (Wildman–Crippen MR) is 102 cm³/mol. The molecule has 2 N–H and O–H groups in total. The van der Waals surface area contributed by atoms with Crippen LogP contribution in [0.5, 0.6) is 5.75 Å². The minimum atomic E-state index is -1.59. The Balaban J connectivity index is 2.01. The largest absolute Gasteiger partial charge is 0.497 e. The van der Waals surface area contributed by atoms with Gasteiger partial charge in [-0.1, -0.05) is 18.2 Å². The van der Waals surface area contributed by atoms with Crippen molar-refractivity contribution in [2.24, 2.45) is 17.1 Å². The molecule has 28 heavy (non-hydrogen) atoms. The van der Waals surface area contributed by atoms with Crippen LogP contribution in [0.15, 0.2) is 47.2 Å². The van der Waals surface area contributed by atoms with Crippen molar-refractivity contribution in [3.05, 3.63) is 52.7 Å². The van der Waals surface area contributed by atoms with Gasteiger partial charge < -0.3 is 10.5 Å². The molecule has 4 rings (SSSR count). The van der Waals surface area contributed by atoms with Gasteiger partial charge in [0.25, 0.3) is 0 Å². The minimum absolute atomic E-state index is 0.0762. The van der Waals surface area contributed by atoms with E-state index in [0.29, 0.717) is 11.3 Å². The van der Waals surface area contributed by atoms with E-state index < -0.39 is 11.3 Å². The first-order valence-electron chi connectivity index (χ1n) is 9.33. The average molecular weight is 371 g/mol. The van der Waals surface area contributed by atoms with Crippen LogP contribution in [-0.4, -0.2) is 31.1 Å². The molecule has 1 aromatic rings. The Bertz CT molecular complexity index is 987. The van der Waals surface area contributed by atoms with Crippen LogP contribution in [0.4, 0.5) is 0 Å². The number of nitriles is 3. The van der Waals surface area contributed by atoms with Crippen molar-refractivity contribution in [1.82, 2.24) is 4.90 Å². The number of methoxy groups -OCH3 is 1. The number of nitrogens with zero attached hydrogens (tertiary/aromatic N) is 4. The second kappa shape index (κ2) is 6.41. The Morgan fingerprint density at radius 1 is 1.14 bits per heavy atom. The van der Waals surface area contributed by atoms with Gasteiger partial charge in [0.15, 0.2) is 5.41 Å². The van der Waals surface area contributed by atoms with Crippen LogP contribution in [0.3, 0.4) is 0 Å². The molecule has 0 aromatic heterocycles. The summed E-state index contributed by atoms with van der Waals surface area (Å²) in [4.78, 5) is 2.31. The SMILES string of the molecule is COc1ccc([C@H]2[C@@H]3C(=C[C@H]4CC[C@H]3N4C)C(C#N)=C(N)C2(C#N)C#N)cc1. The van der Waals surface area contributed by atoms with Crippen LogP contribution in [0, 0.1) is 45.3 Å². The molecule has 1 saturated heterocycles. The van der Waals surface area contributed by atoms with E-state index in [-0.39, 0.29) is 23.7 Å². The predicted octanol–water partition coefficient (Wildman–Crippen LogP) is 2.58. The topological polar surface area (TPSA) is 110 Å². The molecule has 4 atom stereocenters. The lowest BCUT2D eigenvalue weighted by Crippen LogP contribution is -2.51. The Kier molecular flexibility index (Phi) is 4.15. The van der Waals surface area contributed by atoms with Crippen molar-refractivity contribution in [1.29, 1.82) is 15.8 Å². The summed E-state index contributed by atoms with van der Waals surface area (Å²) in [7, 11) is 3.68. The molecule has 0 amide bonds. The highest BCUT2D eigenvalue weighted by Crippen LogP contribution is 2.58. The lowest BCUT2D eigenvalue weighted by Gasteiger charge is -2.48. The van der Waals surface area contributed by atoms with E-state index in [1.165, 1.54) is 0 Å². The maximum Gasteiger partial charge on any atom is 0.191 e. The molecule has 0 saturated carbocycles. The summed E-state index contributed by atoms with van der Waals surface area (Å²) in [6.07, 6.45) is 4.08. The molecule has 2 bridgehead atoms. The molecule has 3 aliphatic rings. The summed E-state index contributed by atoms with van der Waals surface area (Å²) in [5.41, 5.74) is 6.91. The highest BCUT2D eigenvalue weighted by Gasteiger charge is 2.58. The van der Waals surface area contributed by atoms with Crippen LogP contribution < -0.4 is 10.5 Å². The second-order valence-electron chi connectivity index (χ2n) is 7.71. The molecule has 0 radical (unpaired) electrons. The Labute approximate surface area is 164 Å². The van der Waals surface area contributed by atoms with Crippen molar-refractivity contribution in [2.45, 2.75) is 30.8 Å². The first kappa shape index (κ1) is 18.1. The highest BCUT2D eigenvalue weighted by molar-refractivity contribution is 5.60. The summed E-state index contributed by atoms with van der Waals surface area (Å²) in [5, 5.41) is 30.1. The van der Waals surface area contributed by atoms with Gasteiger partial charge in [-0.3, -0.25) is 4.90 Å². The van der Waals surface area contributed by atoms with E-state index in [9.17, 15) is 15.8 Å². The Morgan fingerprint density at radius 2 is 1.82 bits per heavy atom. The minimum Gasteiger partial charge on any atom is -0.497 e. The van der Waals surface area contributed by atoms with Crippen LogP contribution in [0.25, 0.3) is 0 Å². The maximum absolute atomic E-state index is 10.1. The molecule has 0 spiro atoms. The molecule has 6 heteroatoms. The van der Waals surface area contributed by atoms with Crippen molar-refractivity contribution < 1.29 is 4.74 Å². The van der Waals surface area contributed by atoms with Gasteiger partial charge in [0.05, 0.1) is 30.5 Å². The van der Waals surface area contributed by atoms with Gasteiger partial charge in [0.1, 0.15) is 11.8 Å². The number of benzene rings is 1. The zero-order valence-electron chi connectivity index (χ0n) is 15.9. The first-order valence-corrected chi connectivity index (χ1v) is 9.33. The smallest absolute Gasteiger partial charge is 0.191 e. The number of fused-ring (bicyclic) bond motifs is 4. The van der Waals surface area contributed by atoms with Crippen molar-refractivity contribution in [3.63, 3.8) is 0 Å². The van der Waals surface area contributed by atoms with Crippen LogP contribution in [0.1, 0.15) is 24.3 Å². The quantitative estimate of drug-likeness (QED) is 0.855. The van der Waals surface area contributed by atoms with Gasteiger partial charge in [-0.15, -0.1) is 0 Å². The molecule has 0 unspecified atom stereocenters. The molecule has 6 nitrogen and oxygen atoms in total. The van der Waals surface area contributed by atoms with Crippen LogP contribution in [0.2, 0.25) is 0 Å². The molecule has 140 valence electrons. The summed E-state index contributed by atoms with van der Waals surface area (Å²) in [6.45, 7) is 0. The van der Waals surface area contributed by atoms with E-state index in [1.807, 2.05) is 24.3 Å².